The van der Waals surface area contributed by atoms with Gasteiger partial charge in [0.2, 0.25) is 0 Å². The van der Waals surface area contributed by atoms with Gasteiger partial charge in [-0.15, -0.1) is 0 Å². The van der Waals surface area contributed by atoms with E-state index in [1.54, 1.807) is 0 Å². The fraction of sp³-hybridized carbons (Fsp3) is 0.0732. The van der Waals surface area contributed by atoms with Crippen LogP contribution in [-0.4, -0.2) is 19.1 Å². The largest absolute Gasteiger partial charge is 0.330 e. The second-order valence-electron chi connectivity index (χ2n) is 12.3. The summed E-state index contributed by atoms with van der Waals surface area (Å²) in [7, 11) is 0. The molecule has 4 heteroatoms. The second-order valence-corrected chi connectivity index (χ2v) is 12.3. The van der Waals surface area contributed by atoms with E-state index >= 15 is 0 Å². The van der Waals surface area contributed by atoms with Crippen LogP contribution in [0, 0.1) is 5.92 Å². The van der Waals surface area contributed by atoms with Crippen molar-refractivity contribution in [1.29, 1.82) is 0 Å². The third-order valence-corrected chi connectivity index (χ3v) is 9.80. The van der Waals surface area contributed by atoms with Crippen LogP contribution in [0.5, 0.6) is 0 Å². The summed E-state index contributed by atoms with van der Waals surface area (Å²) in [6.45, 7) is 0. The summed E-state index contributed by atoms with van der Waals surface area (Å²) in [6, 6.07) is 45.1. The van der Waals surface area contributed by atoms with Crippen LogP contribution in [0.1, 0.15) is 6.42 Å². The third kappa shape index (κ3) is 3.54. The summed E-state index contributed by atoms with van der Waals surface area (Å²) in [5, 5.41) is 5.07. The second kappa shape index (κ2) is 9.13. The smallest absolute Gasteiger partial charge is 0.138 e. The molecule has 8 aromatic rings. The van der Waals surface area contributed by atoms with Crippen LogP contribution in [0.15, 0.2) is 152 Å². The highest BCUT2D eigenvalue weighted by molar-refractivity contribution is 6.18. The van der Waals surface area contributed by atoms with Gasteiger partial charge in [0, 0.05) is 38.5 Å². The van der Waals surface area contributed by atoms with Crippen LogP contribution in [-0.2, 0) is 5.54 Å². The number of nitrogens with zero attached hydrogens (tertiary/aromatic N) is 4. The molecule has 1 saturated carbocycles. The lowest BCUT2D eigenvalue weighted by Crippen LogP contribution is -2.17. The molecule has 10 rings (SSSR count). The highest BCUT2D eigenvalue weighted by atomic mass is 15.1. The van der Waals surface area contributed by atoms with Crippen LogP contribution in [0.3, 0.4) is 0 Å². The van der Waals surface area contributed by atoms with Gasteiger partial charge in [-0.05, 0) is 55.0 Å². The van der Waals surface area contributed by atoms with Crippen LogP contribution in [0.25, 0.3) is 72.1 Å². The molecule has 212 valence electrons. The molecular weight excluding hydrogens is 548 g/mol. The molecular formula is C41H28N4. The van der Waals surface area contributed by atoms with E-state index in [-0.39, 0.29) is 5.54 Å². The zero-order chi connectivity index (χ0) is 29.5. The van der Waals surface area contributed by atoms with Crippen molar-refractivity contribution in [2.45, 2.75) is 12.0 Å². The Kier molecular flexibility index (Phi) is 5.01. The van der Waals surface area contributed by atoms with Crippen molar-refractivity contribution < 1.29 is 0 Å². The Morgan fingerprint density at radius 1 is 0.533 bits per heavy atom. The molecule has 0 bridgehead atoms. The fourth-order valence-electron chi connectivity index (χ4n) is 7.64. The van der Waals surface area contributed by atoms with Gasteiger partial charge in [-0.3, -0.25) is 4.57 Å². The minimum absolute atomic E-state index is 0.00572. The highest BCUT2D eigenvalue weighted by Crippen LogP contribution is 2.57. The first kappa shape index (κ1) is 24.7. The number of rotatable bonds is 4. The Labute approximate surface area is 260 Å². The predicted molar refractivity (Wildman–Crippen MR) is 185 cm³/mol. The van der Waals surface area contributed by atoms with Crippen LogP contribution in [0.2, 0.25) is 0 Å². The summed E-state index contributed by atoms with van der Waals surface area (Å²) in [6.07, 6.45) is 10.3. The predicted octanol–water partition coefficient (Wildman–Crippen LogP) is 9.86. The number of pyridine rings is 2. The summed E-state index contributed by atoms with van der Waals surface area (Å²) in [5.74, 6) is 1.41. The van der Waals surface area contributed by atoms with Gasteiger partial charge in [0.15, 0.2) is 0 Å². The third-order valence-electron chi connectivity index (χ3n) is 9.80. The van der Waals surface area contributed by atoms with Crippen molar-refractivity contribution in [2.24, 2.45) is 5.92 Å². The van der Waals surface area contributed by atoms with Crippen LogP contribution in [0.4, 0.5) is 0 Å². The average molecular weight is 577 g/mol. The molecule has 4 aromatic carbocycles. The number of hydrogen-bond donors (Lipinski definition) is 0. The Morgan fingerprint density at radius 3 is 2.07 bits per heavy atom. The molecule has 1 fully saturated rings. The molecule has 0 aliphatic heterocycles. The Balaban J connectivity index is 1.22. The minimum Gasteiger partial charge on any atom is -0.330 e. The van der Waals surface area contributed by atoms with Crippen LogP contribution >= 0.6 is 0 Å². The van der Waals surface area contributed by atoms with E-state index in [0.29, 0.717) is 5.92 Å². The zero-order valence-corrected chi connectivity index (χ0v) is 24.5. The normalized spacial score (nSPS) is 18.7. The minimum atomic E-state index is -0.00572. The lowest BCUT2D eigenvalue weighted by atomic mass is 10.1. The first-order valence-corrected chi connectivity index (χ1v) is 15.6. The topological polar surface area (TPSA) is 35.6 Å². The molecule has 2 aliphatic carbocycles. The van der Waals surface area contributed by atoms with Crippen molar-refractivity contribution in [3.63, 3.8) is 0 Å². The molecule has 0 saturated heterocycles. The Hall–Kier alpha value is -5.74. The first-order valence-electron chi connectivity index (χ1n) is 15.6. The Bertz CT molecular complexity index is 2530. The van der Waals surface area contributed by atoms with Gasteiger partial charge >= 0.3 is 0 Å². The van der Waals surface area contributed by atoms with E-state index < -0.39 is 0 Å². The van der Waals surface area contributed by atoms with Gasteiger partial charge in [-0.25, -0.2) is 9.97 Å². The average Bonchev–Trinajstić information content (AvgIpc) is 3.64. The van der Waals surface area contributed by atoms with Gasteiger partial charge in [0.05, 0.1) is 39.2 Å². The zero-order valence-electron chi connectivity index (χ0n) is 24.5. The van der Waals surface area contributed by atoms with Crippen molar-refractivity contribution in [3.8, 4) is 28.5 Å². The molecule has 2 aliphatic rings. The first-order chi connectivity index (χ1) is 22.3. The van der Waals surface area contributed by atoms with E-state index in [1.807, 2.05) is 24.3 Å². The number of para-hydroxylation sites is 2. The van der Waals surface area contributed by atoms with Crippen molar-refractivity contribution in [3.05, 3.63) is 152 Å². The molecule has 4 heterocycles. The Morgan fingerprint density at radius 2 is 1.22 bits per heavy atom. The molecule has 2 atom stereocenters. The summed E-state index contributed by atoms with van der Waals surface area (Å²) in [5.41, 5.74) is 8.61. The summed E-state index contributed by atoms with van der Waals surface area (Å²) >= 11 is 0. The molecule has 4 aromatic heterocycles. The maximum Gasteiger partial charge on any atom is 0.138 e. The lowest BCUT2D eigenvalue weighted by molar-refractivity contribution is 0.601. The van der Waals surface area contributed by atoms with Gasteiger partial charge in [-0.1, -0.05) is 103 Å². The summed E-state index contributed by atoms with van der Waals surface area (Å²) in [4.78, 5) is 10.3. The number of aromatic nitrogens is 4. The van der Waals surface area contributed by atoms with E-state index in [9.17, 15) is 0 Å². The van der Waals surface area contributed by atoms with E-state index in [0.717, 1.165) is 45.9 Å². The SMILES string of the molecule is C1=CC2CC2(n2c3ccccc3c3cc4c5ccccc5n(-c5cccc(-c6cccc(-c7ccccc7)n6)n5)c4cc32)C=C1. The quantitative estimate of drug-likeness (QED) is 0.209. The van der Waals surface area contributed by atoms with Gasteiger partial charge in [0.25, 0.3) is 0 Å². The number of hydrogen-bond acceptors (Lipinski definition) is 2. The summed E-state index contributed by atoms with van der Waals surface area (Å²) < 4.78 is 4.93. The monoisotopic (exact) mass is 576 g/mol. The number of allylic oxidation sites excluding steroid dienone is 4. The maximum absolute atomic E-state index is 5.25. The molecule has 0 spiro atoms. The van der Waals surface area contributed by atoms with Gasteiger partial charge in [0.1, 0.15) is 5.82 Å². The van der Waals surface area contributed by atoms with Gasteiger partial charge < -0.3 is 4.57 Å². The lowest BCUT2D eigenvalue weighted by Gasteiger charge is -2.20. The molecule has 4 nitrogen and oxygen atoms in total. The molecule has 0 radical (unpaired) electrons. The standard InChI is InChI=1S/C41H28N4/c1-2-12-27(13-3-1)33-17-10-18-34(42-33)35-19-11-22-40(43-35)44-36-20-6-4-15-29(36)31-24-32-30-16-5-7-21-37(30)45(39(32)25-38(31)44)41-23-9-8-14-28(41)26-41/h1-25,28H,26H2. The van der Waals surface area contributed by atoms with E-state index in [2.05, 4.69) is 137 Å². The van der Waals surface area contributed by atoms with Crippen molar-refractivity contribution >= 4 is 43.6 Å². The van der Waals surface area contributed by atoms with Crippen LogP contribution < -0.4 is 0 Å². The fourth-order valence-corrected chi connectivity index (χ4v) is 7.64. The highest BCUT2D eigenvalue weighted by Gasteiger charge is 2.54. The maximum atomic E-state index is 5.25. The molecule has 0 N–H and O–H groups in total. The van der Waals surface area contributed by atoms with Gasteiger partial charge in [-0.2, -0.15) is 0 Å². The van der Waals surface area contributed by atoms with E-state index in [4.69, 9.17) is 9.97 Å². The van der Waals surface area contributed by atoms with E-state index in [1.165, 1.54) is 32.6 Å². The molecule has 0 amide bonds. The number of fused-ring (bicyclic) bond motifs is 7. The van der Waals surface area contributed by atoms with Crippen molar-refractivity contribution in [2.75, 3.05) is 0 Å². The molecule has 2 unspecified atom stereocenters. The number of benzene rings is 4. The van der Waals surface area contributed by atoms with Crippen molar-refractivity contribution in [1.82, 2.24) is 19.1 Å². The molecule has 45 heavy (non-hydrogen) atoms.